The van der Waals surface area contributed by atoms with Gasteiger partial charge in [0, 0.05) is 6.42 Å². The van der Waals surface area contributed by atoms with Gasteiger partial charge in [-0.1, -0.05) is 63.3 Å². The molecule has 4 heteroatoms. The van der Waals surface area contributed by atoms with Gasteiger partial charge in [0.25, 0.3) is 0 Å². The van der Waals surface area contributed by atoms with Gasteiger partial charge in [-0.2, -0.15) is 0 Å². The van der Waals surface area contributed by atoms with Gasteiger partial charge in [-0.05, 0) is 45.4 Å². The Morgan fingerprint density at radius 2 is 1.38 bits per heavy atom. The minimum atomic E-state index is -0.0480. The van der Waals surface area contributed by atoms with E-state index in [-0.39, 0.29) is 5.97 Å². The van der Waals surface area contributed by atoms with Crippen LogP contribution in [0, 0.1) is 0 Å². The van der Waals surface area contributed by atoms with E-state index in [1.54, 1.807) is 0 Å². The third-order valence-corrected chi connectivity index (χ3v) is 3.64. The predicted octanol–water partition coefficient (Wildman–Crippen LogP) is 5.18. The lowest BCUT2D eigenvalue weighted by atomic mass is 10.1. The van der Waals surface area contributed by atoms with Crippen LogP contribution >= 0.6 is 0 Å². The highest BCUT2D eigenvalue weighted by Gasteiger charge is 2.00. The predicted molar refractivity (Wildman–Crippen MR) is 98.6 cm³/mol. The van der Waals surface area contributed by atoms with Gasteiger partial charge in [-0.3, -0.25) is 4.79 Å². The lowest BCUT2D eigenvalue weighted by Gasteiger charge is -2.01. The molecule has 0 aromatic rings. The van der Waals surface area contributed by atoms with Gasteiger partial charge >= 0.3 is 5.97 Å². The summed E-state index contributed by atoms with van der Waals surface area (Å²) in [6.45, 7) is 4.60. The van der Waals surface area contributed by atoms with Crippen LogP contribution in [0.25, 0.3) is 0 Å². The zero-order valence-electron chi connectivity index (χ0n) is 15.7. The van der Waals surface area contributed by atoms with Crippen molar-refractivity contribution in [3.05, 3.63) is 24.3 Å². The second-order valence-corrected chi connectivity index (χ2v) is 5.79. The molecule has 0 heterocycles. The quantitative estimate of drug-likeness (QED) is 0.146. The first-order valence-corrected chi connectivity index (χ1v) is 9.45. The molecule has 0 spiro atoms. The van der Waals surface area contributed by atoms with Crippen molar-refractivity contribution >= 4 is 5.97 Å². The third-order valence-electron chi connectivity index (χ3n) is 3.64. The number of rotatable bonds is 15. The molecule has 0 atom stereocenters. The summed E-state index contributed by atoms with van der Waals surface area (Å²) in [5.74, 6) is -0.0480. The van der Waals surface area contributed by atoms with Crippen molar-refractivity contribution in [3.63, 3.8) is 0 Å². The average molecular weight is 342 g/mol. The molecule has 142 valence electrons. The highest BCUT2D eigenvalue weighted by atomic mass is 17.0. The lowest BCUT2D eigenvalue weighted by molar-refractivity contribution is -0.670. The van der Waals surface area contributed by atoms with E-state index < -0.39 is 0 Å². The number of carbonyl (C=O) groups is 1. The van der Waals surface area contributed by atoms with Crippen LogP contribution in [-0.2, 0) is 9.53 Å². The van der Waals surface area contributed by atoms with Crippen LogP contribution < -0.4 is 5.26 Å². The van der Waals surface area contributed by atoms with E-state index in [0.29, 0.717) is 13.0 Å². The van der Waals surface area contributed by atoms with Crippen LogP contribution in [-0.4, -0.2) is 17.8 Å². The number of ether oxygens (including phenoxy) is 1. The Kier molecular flexibility index (Phi) is 25.2. The molecular formula is C20H37O4-. The summed E-state index contributed by atoms with van der Waals surface area (Å²) in [5.41, 5.74) is 0. The van der Waals surface area contributed by atoms with Gasteiger partial charge < -0.3 is 15.3 Å². The molecule has 0 aromatic heterocycles. The van der Waals surface area contributed by atoms with Gasteiger partial charge in [0.05, 0.1) is 6.61 Å². The van der Waals surface area contributed by atoms with Gasteiger partial charge in [-0.25, -0.2) is 0 Å². The van der Waals surface area contributed by atoms with E-state index in [1.165, 1.54) is 51.4 Å². The molecule has 0 amide bonds. The number of unbranched alkanes of at least 4 members (excludes halogenated alkanes) is 8. The Labute approximate surface area is 148 Å². The van der Waals surface area contributed by atoms with E-state index in [4.69, 9.17) is 15.3 Å². The Morgan fingerprint density at radius 3 is 1.96 bits per heavy atom. The Hall–Kier alpha value is -1.13. The summed E-state index contributed by atoms with van der Waals surface area (Å²) < 4.78 is 4.91. The Morgan fingerprint density at radius 1 is 0.833 bits per heavy atom. The summed E-state index contributed by atoms with van der Waals surface area (Å²) in [6.07, 6.45) is 23.1. The maximum Gasteiger partial charge on any atom is 0.305 e. The van der Waals surface area contributed by atoms with Crippen LogP contribution in [0.15, 0.2) is 24.3 Å². The molecular weight excluding hydrogens is 304 g/mol. The van der Waals surface area contributed by atoms with Crippen molar-refractivity contribution in [2.24, 2.45) is 0 Å². The van der Waals surface area contributed by atoms with Crippen LogP contribution in [0.5, 0.6) is 0 Å². The number of hydrogen-bond donors (Lipinski definition) is 1. The van der Waals surface area contributed by atoms with Crippen LogP contribution in [0.2, 0.25) is 0 Å². The summed E-state index contributed by atoms with van der Waals surface area (Å²) in [6, 6.07) is 0. The van der Waals surface area contributed by atoms with Crippen LogP contribution in [0.3, 0.4) is 0 Å². The molecule has 0 fully saturated rings. The molecule has 1 N–H and O–H groups in total. The number of hydrogen-bond acceptors (Lipinski definition) is 4. The number of allylic oxidation sites excluding steroid dienone is 4. The molecule has 0 aliphatic rings. The van der Waals surface area contributed by atoms with Gasteiger partial charge in [0.1, 0.15) is 0 Å². The Bertz CT molecular complexity index is 298. The first-order valence-electron chi connectivity index (χ1n) is 9.45. The molecule has 0 aliphatic carbocycles. The maximum absolute atomic E-state index is 11.1. The summed E-state index contributed by atoms with van der Waals surface area (Å²) >= 11 is 0. The van der Waals surface area contributed by atoms with E-state index in [0.717, 1.165) is 19.3 Å². The third kappa shape index (κ3) is 23.1. The molecule has 0 saturated carbocycles. The van der Waals surface area contributed by atoms with Crippen molar-refractivity contribution in [1.29, 1.82) is 0 Å². The molecule has 24 heavy (non-hydrogen) atoms. The van der Waals surface area contributed by atoms with Crippen LogP contribution in [0.4, 0.5) is 0 Å². The molecule has 0 aliphatic heterocycles. The fourth-order valence-electron chi connectivity index (χ4n) is 2.31. The second-order valence-electron chi connectivity index (χ2n) is 5.79. The SMILES string of the molecule is CCCCCC=CCC=CCCCCCCCC(=O)OCC.[O-]O. The van der Waals surface area contributed by atoms with E-state index in [1.807, 2.05) is 6.92 Å². The second kappa shape index (κ2) is 24.1. The maximum atomic E-state index is 11.1. The van der Waals surface area contributed by atoms with Crippen molar-refractivity contribution in [2.45, 2.75) is 90.9 Å². The molecule has 4 nitrogen and oxygen atoms in total. The fourth-order valence-corrected chi connectivity index (χ4v) is 2.31. The molecule has 0 aromatic carbocycles. The molecule has 0 bridgehead atoms. The normalized spacial score (nSPS) is 10.8. The summed E-state index contributed by atoms with van der Waals surface area (Å²) in [4.78, 5) is 11.1. The van der Waals surface area contributed by atoms with Gasteiger partial charge in [0.15, 0.2) is 0 Å². The highest BCUT2D eigenvalue weighted by Crippen LogP contribution is 2.08. The topological polar surface area (TPSA) is 69.6 Å². The Balaban J connectivity index is 0. The summed E-state index contributed by atoms with van der Waals surface area (Å²) in [5, 5.41) is 13.0. The van der Waals surface area contributed by atoms with Gasteiger partial charge in [-0.15, -0.1) is 0 Å². The first-order chi connectivity index (χ1) is 11.8. The minimum Gasteiger partial charge on any atom is -0.727 e. The van der Waals surface area contributed by atoms with Crippen molar-refractivity contribution in [3.8, 4) is 0 Å². The van der Waals surface area contributed by atoms with E-state index >= 15 is 0 Å². The zero-order valence-corrected chi connectivity index (χ0v) is 15.7. The molecule has 0 saturated heterocycles. The first kappa shape index (κ1) is 25.1. The fraction of sp³-hybridized carbons (Fsp3) is 0.750. The summed E-state index contributed by atoms with van der Waals surface area (Å²) in [7, 11) is 0. The largest absolute Gasteiger partial charge is 0.727 e. The van der Waals surface area contributed by atoms with E-state index in [2.05, 4.69) is 31.2 Å². The standard InChI is InChI=1S/C20H36O2.H2O2/c1-3-5-6-7-8-9-10-11-12-13-14-15-16-17-18-19-20(21)22-4-2;1-2/h8-9,11-12H,3-7,10,13-19H2,1-2H3;1-2H/p-1. The van der Waals surface area contributed by atoms with Gasteiger partial charge in [0.2, 0.25) is 0 Å². The average Bonchev–Trinajstić information content (AvgIpc) is 2.60. The lowest BCUT2D eigenvalue weighted by Crippen LogP contribution is -2.03. The van der Waals surface area contributed by atoms with E-state index in [9.17, 15) is 4.79 Å². The van der Waals surface area contributed by atoms with Crippen molar-refractivity contribution < 1.29 is 20.0 Å². The minimum absolute atomic E-state index is 0.0480. The molecule has 0 unspecified atom stereocenters. The number of carbonyl (C=O) groups excluding carboxylic acids is 1. The van der Waals surface area contributed by atoms with Crippen molar-refractivity contribution in [1.82, 2.24) is 0 Å². The monoisotopic (exact) mass is 341 g/mol. The van der Waals surface area contributed by atoms with Crippen molar-refractivity contribution in [2.75, 3.05) is 6.61 Å². The molecule has 0 radical (unpaired) electrons. The number of esters is 1. The highest BCUT2D eigenvalue weighted by molar-refractivity contribution is 5.69. The molecule has 0 rings (SSSR count). The smallest absolute Gasteiger partial charge is 0.305 e. The zero-order chi connectivity index (χ0) is 18.3. The van der Waals surface area contributed by atoms with Crippen LogP contribution in [0.1, 0.15) is 90.9 Å².